The molecule has 0 aliphatic rings. The Morgan fingerprint density at radius 2 is 1.64 bits per heavy atom. The number of rotatable bonds is 10. The van der Waals surface area contributed by atoms with E-state index in [9.17, 15) is 13.2 Å². The van der Waals surface area contributed by atoms with E-state index in [4.69, 9.17) is 21.1 Å². The molecule has 2 aromatic carbocycles. The average Bonchev–Trinajstić information content (AvgIpc) is 3.01. The lowest BCUT2D eigenvalue weighted by atomic mass is 9.87. The predicted molar refractivity (Wildman–Crippen MR) is 167 cm³/mol. The second kappa shape index (κ2) is 13.6. The molecule has 4 rings (SSSR count). The Labute approximate surface area is 258 Å². The molecular weight excluding hydrogens is 607 g/mol. The Morgan fingerprint density at radius 1 is 0.977 bits per heavy atom. The van der Waals surface area contributed by atoms with Crippen LogP contribution in [0.4, 0.5) is 5.82 Å². The third-order valence-corrected chi connectivity index (χ3v) is 8.20. The predicted octanol–water partition coefficient (Wildman–Crippen LogP) is 3.23. The highest BCUT2D eigenvalue weighted by atomic mass is 32.2. The maximum absolute atomic E-state index is 13.7. The number of hydrogen-bond donors (Lipinski definition) is 4. The summed E-state index contributed by atoms with van der Waals surface area (Å²) in [4.78, 5) is 29.9. The van der Waals surface area contributed by atoms with E-state index in [-0.39, 0.29) is 56.0 Å². The summed E-state index contributed by atoms with van der Waals surface area (Å²) in [5.41, 5.74) is 6.29. The fourth-order valence-electron chi connectivity index (χ4n) is 3.68. The monoisotopic (exact) mass is 637 g/mol. The number of aromatic nitrogens is 4. The molecule has 6 N–H and O–H groups in total. The van der Waals surface area contributed by atoms with Crippen LogP contribution in [0.1, 0.15) is 26.3 Å². The van der Waals surface area contributed by atoms with E-state index in [0.29, 0.717) is 5.75 Å². The molecule has 14 nitrogen and oxygen atoms in total. The van der Waals surface area contributed by atoms with Gasteiger partial charge in [0.1, 0.15) is 5.03 Å². The van der Waals surface area contributed by atoms with Gasteiger partial charge < -0.3 is 21.1 Å². The number of anilines is 1. The first-order valence-corrected chi connectivity index (χ1v) is 15.5. The molecule has 0 saturated carbocycles. The number of nitrogens with one attached hydrogen (secondary N) is 2. The quantitative estimate of drug-likeness (QED) is 0.0493. The number of hydrazone groups is 1. The zero-order chi connectivity index (χ0) is 31.9. The first-order chi connectivity index (χ1) is 20.9. The summed E-state index contributed by atoms with van der Waals surface area (Å²) in [6, 6.07) is 14.9. The number of carbonyl (C=O) groups excluding carboxylic acids is 1. The summed E-state index contributed by atoms with van der Waals surface area (Å²) in [6.45, 7) is 6.09. The van der Waals surface area contributed by atoms with Gasteiger partial charge in [0.25, 0.3) is 10.0 Å². The lowest BCUT2D eigenvalue weighted by Crippen LogP contribution is -2.38. The van der Waals surface area contributed by atoms with E-state index < -0.39 is 15.9 Å². The minimum atomic E-state index is -4.20. The second-order valence-electron chi connectivity index (χ2n) is 10.1. The van der Waals surface area contributed by atoms with Crippen molar-refractivity contribution in [2.75, 3.05) is 17.6 Å². The number of para-hydroxylation sites is 2. The molecule has 16 heteroatoms. The van der Waals surface area contributed by atoms with Crippen molar-refractivity contribution in [3.05, 3.63) is 72.6 Å². The van der Waals surface area contributed by atoms with Crippen LogP contribution in [0, 0.1) is 0 Å². The van der Waals surface area contributed by atoms with E-state index in [1.807, 2.05) is 20.8 Å². The number of sulfonamides is 1. The molecular formula is C28H31N9O5S2. The van der Waals surface area contributed by atoms with Gasteiger partial charge in [0.2, 0.25) is 23.4 Å². The summed E-state index contributed by atoms with van der Waals surface area (Å²) >= 11 is 0.919. The molecule has 0 saturated heterocycles. The molecule has 0 aliphatic heterocycles. The topological polar surface area (TPSA) is 210 Å². The molecule has 0 fully saturated rings. The fraction of sp³-hybridized carbons (Fsp3) is 0.214. The number of nitrogens with two attached hydrogens (primary N) is 2. The lowest BCUT2D eigenvalue weighted by molar-refractivity contribution is -0.117. The third-order valence-electron chi connectivity index (χ3n) is 5.89. The summed E-state index contributed by atoms with van der Waals surface area (Å²) in [7, 11) is -2.74. The molecule has 4 aromatic rings. The largest absolute Gasteiger partial charge is 0.493 e. The Balaban J connectivity index is 1.85. The third kappa shape index (κ3) is 7.90. The molecule has 1 amide bonds. The Bertz CT molecular complexity index is 1760. The number of hydrogen-bond acceptors (Lipinski definition) is 12. The van der Waals surface area contributed by atoms with Crippen LogP contribution < -0.4 is 31.1 Å². The summed E-state index contributed by atoms with van der Waals surface area (Å²) in [6.07, 6.45) is 2.97. The van der Waals surface area contributed by atoms with Crippen LogP contribution in [0.5, 0.6) is 17.2 Å². The van der Waals surface area contributed by atoms with Crippen LogP contribution in [0.15, 0.2) is 82.0 Å². The number of carbonyl (C=O) groups is 1. The standard InChI is InChI=1S/C28H31N9O5S2/c1-28(2,3)17-10-12-18(13-11-17)44(39,40)37-23-22(42-20-9-6-5-8-19(20)41-4)26(43-16-21(38)33-27(29)36-30)35-25(34-23)24-31-14-7-15-32-24/h5-15H,16,30H2,1-4H3,(H,34,35,37)(H3,29,33,36,38). The van der Waals surface area contributed by atoms with Gasteiger partial charge in [-0.05, 0) is 41.3 Å². The van der Waals surface area contributed by atoms with Gasteiger partial charge in [-0.2, -0.15) is 0 Å². The van der Waals surface area contributed by atoms with Crippen molar-refractivity contribution in [3.63, 3.8) is 0 Å². The van der Waals surface area contributed by atoms with Crippen molar-refractivity contribution < 1.29 is 22.7 Å². The molecule has 0 radical (unpaired) electrons. The van der Waals surface area contributed by atoms with Gasteiger partial charge in [0.15, 0.2) is 23.1 Å². The minimum Gasteiger partial charge on any atom is -0.493 e. The van der Waals surface area contributed by atoms with E-state index in [1.54, 1.807) is 42.5 Å². The van der Waals surface area contributed by atoms with E-state index >= 15 is 0 Å². The number of guanidine groups is 1. The van der Waals surface area contributed by atoms with Crippen LogP contribution in [0.2, 0.25) is 0 Å². The first kappa shape index (κ1) is 32.0. The van der Waals surface area contributed by atoms with Gasteiger partial charge in [-0.25, -0.2) is 28.4 Å². The molecule has 0 bridgehead atoms. The van der Waals surface area contributed by atoms with Gasteiger partial charge >= 0.3 is 0 Å². The maximum Gasteiger partial charge on any atom is 0.263 e. The van der Waals surface area contributed by atoms with Gasteiger partial charge in [0, 0.05) is 12.4 Å². The maximum atomic E-state index is 13.7. The van der Waals surface area contributed by atoms with Crippen LogP contribution in [0.3, 0.4) is 0 Å². The van der Waals surface area contributed by atoms with Crippen LogP contribution in [0.25, 0.3) is 11.6 Å². The van der Waals surface area contributed by atoms with Gasteiger partial charge in [-0.3, -0.25) is 14.8 Å². The fourth-order valence-corrected chi connectivity index (χ4v) is 5.45. The molecule has 0 spiro atoms. The van der Waals surface area contributed by atoms with Gasteiger partial charge in [-0.1, -0.05) is 56.8 Å². The number of benzene rings is 2. The Kier molecular flexibility index (Phi) is 9.85. The summed E-state index contributed by atoms with van der Waals surface area (Å²) in [5, 5.41) is 5.64. The molecule has 0 atom stereocenters. The number of thioether (sulfide) groups is 1. The highest BCUT2D eigenvalue weighted by Gasteiger charge is 2.26. The zero-order valence-corrected chi connectivity index (χ0v) is 25.9. The molecule has 0 unspecified atom stereocenters. The first-order valence-electron chi connectivity index (χ1n) is 13.0. The van der Waals surface area contributed by atoms with E-state index in [1.165, 1.54) is 31.6 Å². The Morgan fingerprint density at radius 3 is 2.25 bits per heavy atom. The molecule has 2 aromatic heterocycles. The normalized spacial score (nSPS) is 12.0. The van der Waals surface area contributed by atoms with E-state index in [0.717, 1.165) is 17.3 Å². The minimum absolute atomic E-state index is 0.00464. The number of ether oxygens (including phenoxy) is 2. The van der Waals surface area contributed by atoms with Gasteiger partial charge in [0.05, 0.1) is 17.8 Å². The lowest BCUT2D eigenvalue weighted by Gasteiger charge is -2.20. The highest BCUT2D eigenvalue weighted by Crippen LogP contribution is 2.41. The number of amides is 1. The summed E-state index contributed by atoms with van der Waals surface area (Å²) < 4.78 is 41.5. The number of methoxy groups -OCH3 is 1. The van der Waals surface area contributed by atoms with Crippen molar-refractivity contribution in [3.8, 4) is 28.9 Å². The second-order valence-corrected chi connectivity index (χ2v) is 12.7. The molecule has 44 heavy (non-hydrogen) atoms. The van der Waals surface area contributed by atoms with Crippen molar-refractivity contribution in [1.82, 2.24) is 25.3 Å². The van der Waals surface area contributed by atoms with E-state index in [2.05, 4.69) is 35.1 Å². The van der Waals surface area contributed by atoms with Crippen molar-refractivity contribution in [2.24, 2.45) is 16.7 Å². The van der Waals surface area contributed by atoms with Crippen molar-refractivity contribution >= 4 is 39.5 Å². The highest BCUT2D eigenvalue weighted by molar-refractivity contribution is 8.00. The van der Waals surface area contributed by atoms with Crippen LogP contribution >= 0.6 is 11.8 Å². The number of nitrogens with zero attached hydrogens (tertiary/aromatic N) is 5. The van der Waals surface area contributed by atoms with Gasteiger partial charge in [-0.15, -0.1) is 5.10 Å². The smallest absolute Gasteiger partial charge is 0.263 e. The van der Waals surface area contributed by atoms with Crippen LogP contribution in [-0.2, 0) is 20.2 Å². The van der Waals surface area contributed by atoms with Crippen molar-refractivity contribution in [1.29, 1.82) is 0 Å². The van der Waals surface area contributed by atoms with Crippen LogP contribution in [-0.4, -0.2) is 53.1 Å². The Hall–Kier alpha value is -4.96. The average molecular weight is 638 g/mol. The molecule has 230 valence electrons. The summed E-state index contributed by atoms with van der Waals surface area (Å²) in [5.74, 6) is 4.41. The molecule has 2 heterocycles. The SMILES string of the molecule is COc1ccccc1Oc1c(NS(=O)(=O)c2ccc(C(C)(C)C)cc2)nc(-c2ncccn2)nc1SCC(=O)N/C(N)=N/N. The zero-order valence-electron chi connectivity index (χ0n) is 24.3. The van der Waals surface area contributed by atoms with Crippen molar-refractivity contribution in [2.45, 2.75) is 36.1 Å². The molecule has 0 aliphatic carbocycles.